The molecule has 0 aromatic heterocycles. The normalized spacial score (nSPS) is 10.4. The lowest BCUT2D eigenvalue weighted by Gasteiger charge is -2.05. The van der Waals surface area contributed by atoms with Crippen molar-refractivity contribution in [3.05, 3.63) is 84.4 Å². The second-order valence-electron chi connectivity index (χ2n) is 4.73. The van der Waals surface area contributed by atoms with Gasteiger partial charge in [-0.25, -0.2) is 0 Å². The fraction of sp³-hybridized carbons (Fsp3) is 0.0526. The molecule has 3 aromatic carbocycles. The van der Waals surface area contributed by atoms with E-state index in [-0.39, 0.29) is 0 Å². The maximum Gasteiger partial charge on any atom is -0.0184 e. The summed E-state index contributed by atoms with van der Waals surface area (Å²) in [4.78, 5) is 0. The molecule has 0 spiro atoms. The summed E-state index contributed by atoms with van der Waals surface area (Å²) < 4.78 is 0. The molecular formula is C19H15. The first-order valence-corrected chi connectivity index (χ1v) is 6.46. The highest BCUT2D eigenvalue weighted by atomic mass is 14.0. The second kappa shape index (κ2) is 5.11. The molecule has 0 unspecified atom stereocenters. The Morgan fingerprint density at radius 3 is 1.37 bits per heavy atom. The van der Waals surface area contributed by atoms with E-state index in [1.807, 2.05) is 12.1 Å². The third-order valence-corrected chi connectivity index (χ3v) is 3.32. The van der Waals surface area contributed by atoms with Crippen molar-refractivity contribution in [1.29, 1.82) is 0 Å². The van der Waals surface area contributed by atoms with Gasteiger partial charge in [-0.05, 0) is 35.2 Å². The van der Waals surface area contributed by atoms with Crippen molar-refractivity contribution in [2.45, 2.75) is 6.92 Å². The van der Waals surface area contributed by atoms with Crippen LogP contribution in [-0.4, -0.2) is 0 Å². The summed E-state index contributed by atoms with van der Waals surface area (Å²) in [5.74, 6) is 0. The van der Waals surface area contributed by atoms with Gasteiger partial charge in [0.2, 0.25) is 0 Å². The largest absolute Gasteiger partial charge is 0.0587 e. The molecule has 0 saturated heterocycles. The van der Waals surface area contributed by atoms with E-state index >= 15 is 0 Å². The summed E-state index contributed by atoms with van der Waals surface area (Å²) in [5, 5.41) is 0. The molecule has 0 aliphatic rings. The van der Waals surface area contributed by atoms with Crippen LogP contribution in [0.25, 0.3) is 22.3 Å². The first-order chi connectivity index (χ1) is 9.33. The minimum atomic E-state index is 1.23. The molecule has 91 valence electrons. The molecule has 0 bridgehead atoms. The standard InChI is InChI=1S/C19H15/c1-15-7-9-17(10-8-15)19-13-11-18(12-14-19)16-5-3-2-4-6-16/h3-14H,1H3. The zero-order valence-electron chi connectivity index (χ0n) is 10.9. The van der Waals surface area contributed by atoms with Crippen LogP contribution in [0.1, 0.15) is 5.56 Å². The van der Waals surface area contributed by atoms with Crippen LogP contribution in [0.2, 0.25) is 0 Å². The van der Waals surface area contributed by atoms with Crippen molar-refractivity contribution < 1.29 is 0 Å². The maximum absolute atomic E-state index is 3.05. The first-order valence-electron chi connectivity index (χ1n) is 6.46. The van der Waals surface area contributed by atoms with Crippen LogP contribution in [0.4, 0.5) is 0 Å². The molecule has 0 fully saturated rings. The van der Waals surface area contributed by atoms with Crippen molar-refractivity contribution in [2.24, 2.45) is 0 Å². The predicted molar refractivity (Wildman–Crippen MR) is 80.9 cm³/mol. The second-order valence-corrected chi connectivity index (χ2v) is 4.73. The molecule has 0 saturated carbocycles. The van der Waals surface area contributed by atoms with Crippen molar-refractivity contribution in [3.63, 3.8) is 0 Å². The monoisotopic (exact) mass is 243 g/mol. The van der Waals surface area contributed by atoms with E-state index in [0.717, 1.165) is 0 Å². The Kier molecular flexibility index (Phi) is 3.16. The van der Waals surface area contributed by atoms with Gasteiger partial charge in [0.25, 0.3) is 0 Å². The Balaban J connectivity index is 1.93. The molecule has 0 aliphatic heterocycles. The predicted octanol–water partition coefficient (Wildman–Crippen LogP) is 5.13. The molecule has 3 rings (SSSR count). The minimum absolute atomic E-state index is 1.23. The summed E-state index contributed by atoms with van der Waals surface area (Å²) in [6.45, 7) is 2.11. The Morgan fingerprint density at radius 2 is 0.895 bits per heavy atom. The lowest BCUT2D eigenvalue weighted by Crippen LogP contribution is -1.80. The molecule has 0 aliphatic carbocycles. The molecule has 0 atom stereocenters. The average Bonchev–Trinajstić information content (AvgIpc) is 2.49. The number of hydrogen-bond acceptors (Lipinski definition) is 0. The summed E-state index contributed by atoms with van der Waals surface area (Å²) in [7, 11) is 0. The van der Waals surface area contributed by atoms with Gasteiger partial charge in [-0.2, -0.15) is 0 Å². The lowest BCUT2D eigenvalue weighted by atomic mass is 10.00. The van der Waals surface area contributed by atoms with Crippen LogP contribution in [0, 0.1) is 13.0 Å². The number of benzene rings is 3. The number of aryl methyl sites for hydroxylation is 1. The Labute approximate surface area is 114 Å². The number of hydrogen-bond donors (Lipinski definition) is 0. The number of rotatable bonds is 2. The van der Waals surface area contributed by atoms with Crippen LogP contribution >= 0.6 is 0 Å². The van der Waals surface area contributed by atoms with Crippen LogP contribution in [-0.2, 0) is 0 Å². The highest BCUT2D eigenvalue weighted by molar-refractivity contribution is 5.70. The fourth-order valence-corrected chi connectivity index (χ4v) is 2.18. The van der Waals surface area contributed by atoms with Crippen LogP contribution in [0.5, 0.6) is 0 Å². The molecule has 0 heteroatoms. The third-order valence-electron chi connectivity index (χ3n) is 3.32. The lowest BCUT2D eigenvalue weighted by molar-refractivity contribution is 1.47. The highest BCUT2D eigenvalue weighted by Crippen LogP contribution is 2.24. The van der Waals surface area contributed by atoms with Gasteiger partial charge in [-0.15, -0.1) is 0 Å². The average molecular weight is 243 g/mol. The van der Waals surface area contributed by atoms with Gasteiger partial charge in [0.05, 0.1) is 0 Å². The van der Waals surface area contributed by atoms with E-state index in [1.54, 1.807) is 0 Å². The van der Waals surface area contributed by atoms with E-state index in [9.17, 15) is 0 Å². The van der Waals surface area contributed by atoms with Crippen molar-refractivity contribution in [1.82, 2.24) is 0 Å². The summed E-state index contributed by atoms with van der Waals surface area (Å²) in [6.07, 6.45) is 0. The molecule has 0 nitrogen and oxygen atoms in total. The maximum atomic E-state index is 3.05. The van der Waals surface area contributed by atoms with Gasteiger partial charge in [0.15, 0.2) is 0 Å². The molecule has 0 heterocycles. The van der Waals surface area contributed by atoms with Crippen molar-refractivity contribution >= 4 is 0 Å². The zero-order valence-corrected chi connectivity index (χ0v) is 10.9. The SMILES string of the molecule is Cc1ccc(-c2ccc(-c3cc[c]cc3)cc2)cc1. The summed E-state index contributed by atoms with van der Waals surface area (Å²) in [5.41, 5.74) is 6.28. The van der Waals surface area contributed by atoms with Gasteiger partial charge in [-0.1, -0.05) is 78.4 Å². The van der Waals surface area contributed by atoms with Crippen molar-refractivity contribution in [3.8, 4) is 22.3 Å². The van der Waals surface area contributed by atoms with E-state index in [0.29, 0.717) is 0 Å². The fourth-order valence-electron chi connectivity index (χ4n) is 2.18. The van der Waals surface area contributed by atoms with Crippen LogP contribution in [0.15, 0.2) is 72.8 Å². The topological polar surface area (TPSA) is 0 Å². The Morgan fingerprint density at radius 1 is 0.526 bits per heavy atom. The molecule has 0 N–H and O–H groups in total. The quantitative estimate of drug-likeness (QED) is 0.585. The van der Waals surface area contributed by atoms with Gasteiger partial charge >= 0.3 is 0 Å². The van der Waals surface area contributed by atoms with Gasteiger partial charge < -0.3 is 0 Å². The van der Waals surface area contributed by atoms with Crippen molar-refractivity contribution in [2.75, 3.05) is 0 Å². The third kappa shape index (κ3) is 2.58. The molecular weight excluding hydrogens is 228 g/mol. The Bertz CT molecular complexity index is 647. The van der Waals surface area contributed by atoms with Gasteiger partial charge in [0.1, 0.15) is 0 Å². The first kappa shape index (κ1) is 11.7. The minimum Gasteiger partial charge on any atom is -0.0587 e. The van der Waals surface area contributed by atoms with Crippen LogP contribution < -0.4 is 0 Å². The van der Waals surface area contributed by atoms with E-state index < -0.39 is 0 Å². The van der Waals surface area contributed by atoms with E-state index in [2.05, 4.69) is 73.7 Å². The highest BCUT2D eigenvalue weighted by Gasteiger charge is 1.99. The van der Waals surface area contributed by atoms with Gasteiger partial charge in [-0.3, -0.25) is 0 Å². The Hall–Kier alpha value is -2.34. The van der Waals surface area contributed by atoms with E-state index in [4.69, 9.17) is 0 Å². The van der Waals surface area contributed by atoms with Gasteiger partial charge in [0, 0.05) is 0 Å². The smallest absolute Gasteiger partial charge is 0.0184 e. The van der Waals surface area contributed by atoms with Crippen LogP contribution in [0.3, 0.4) is 0 Å². The molecule has 19 heavy (non-hydrogen) atoms. The molecule has 0 amide bonds. The van der Waals surface area contributed by atoms with E-state index in [1.165, 1.54) is 27.8 Å². The molecule has 1 radical (unpaired) electrons. The summed E-state index contributed by atoms with van der Waals surface area (Å²) >= 11 is 0. The molecule has 3 aromatic rings. The zero-order chi connectivity index (χ0) is 13.1. The summed E-state index contributed by atoms with van der Waals surface area (Å²) in [6, 6.07) is 28.4.